The molecule has 2 heterocycles. The number of nitrogens with one attached hydrogen (secondary N) is 1. The van der Waals surface area contributed by atoms with E-state index >= 15 is 0 Å². The van der Waals surface area contributed by atoms with Gasteiger partial charge in [-0.3, -0.25) is 0 Å². The first kappa shape index (κ1) is 14.2. The molecule has 0 amide bonds. The van der Waals surface area contributed by atoms with Gasteiger partial charge >= 0.3 is 0 Å². The van der Waals surface area contributed by atoms with Gasteiger partial charge in [-0.2, -0.15) is 0 Å². The molecule has 2 aliphatic rings. The molecule has 0 saturated carbocycles. The quantitative estimate of drug-likeness (QED) is 0.906. The highest BCUT2D eigenvalue weighted by Crippen LogP contribution is 2.31. The van der Waals surface area contributed by atoms with Crippen LogP contribution >= 0.6 is 11.6 Å². The maximum absolute atomic E-state index is 6.33. The highest BCUT2D eigenvalue weighted by molar-refractivity contribution is 6.32. The second-order valence-corrected chi connectivity index (χ2v) is 6.76. The summed E-state index contributed by atoms with van der Waals surface area (Å²) in [4.78, 5) is 0. The fourth-order valence-corrected chi connectivity index (χ4v) is 3.05. The molecule has 1 atom stereocenters. The first-order chi connectivity index (χ1) is 9.65. The van der Waals surface area contributed by atoms with Gasteiger partial charge in [-0.1, -0.05) is 24.6 Å². The van der Waals surface area contributed by atoms with Gasteiger partial charge < -0.3 is 14.8 Å². The summed E-state index contributed by atoms with van der Waals surface area (Å²) in [5, 5.41) is 4.22. The SMILES string of the molecule is CC1(COc2ccc(CC3CCCN3)cc2Cl)COC1. The van der Waals surface area contributed by atoms with E-state index in [2.05, 4.69) is 18.3 Å². The third kappa shape index (κ3) is 3.27. The van der Waals surface area contributed by atoms with Crippen molar-refractivity contribution in [3.63, 3.8) is 0 Å². The zero-order chi connectivity index (χ0) is 14.0. The lowest BCUT2D eigenvalue weighted by atomic mass is 9.90. The first-order valence-corrected chi connectivity index (χ1v) is 7.75. The van der Waals surface area contributed by atoms with Crippen LogP contribution in [0.3, 0.4) is 0 Å². The molecule has 0 aliphatic carbocycles. The van der Waals surface area contributed by atoms with Crippen LogP contribution in [0.4, 0.5) is 0 Å². The van der Waals surface area contributed by atoms with E-state index in [1.165, 1.54) is 18.4 Å². The van der Waals surface area contributed by atoms with Crippen LogP contribution in [-0.2, 0) is 11.2 Å². The van der Waals surface area contributed by atoms with Crippen LogP contribution in [0.25, 0.3) is 0 Å². The molecular weight excluding hydrogens is 274 g/mol. The van der Waals surface area contributed by atoms with Crippen molar-refractivity contribution in [2.45, 2.75) is 32.2 Å². The van der Waals surface area contributed by atoms with E-state index in [0.717, 1.165) is 31.9 Å². The average Bonchev–Trinajstić information content (AvgIpc) is 2.88. The van der Waals surface area contributed by atoms with E-state index < -0.39 is 0 Å². The van der Waals surface area contributed by atoms with Crippen molar-refractivity contribution in [2.24, 2.45) is 5.41 Å². The summed E-state index contributed by atoms with van der Waals surface area (Å²) in [7, 11) is 0. The zero-order valence-electron chi connectivity index (χ0n) is 12.0. The van der Waals surface area contributed by atoms with Gasteiger partial charge in [0.25, 0.3) is 0 Å². The van der Waals surface area contributed by atoms with Crippen molar-refractivity contribution in [1.29, 1.82) is 0 Å². The summed E-state index contributed by atoms with van der Waals surface area (Å²) in [5.74, 6) is 0.780. The third-order valence-electron chi connectivity index (χ3n) is 4.12. The maximum Gasteiger partial charge on any atom is 0.137 e. The van der Waals surface area contributed by atoms with E-state index in [0.29, 0.717) is 17.7 Å². The van der Waals surface area contributed by atoms with Crippen LogP contribution in [0.15, 0.2) is 18.2 Å². The van der Waals surface area contributed by atoms with Crippen LogP contribution in [0.2, 0.25) is 5.02 Å². The van der Waals surface area contributed by atoms with Crippen molar-refractivity contribution in [3.8, 4) is 5.75 Å². The van der Waals surface area contributed by atoms with Crippen molar-refractivity contribution < 1.29 is 9.47 Å². The molecule has 20 heavy (non-hydrogen) atoms. The highest BCUT2D eigenvalue weighted by atomic mass is 35.5. The third-order valence-corrected chi connectivity index (χ3v) is 4.41. The Kier molecular flexibility index (Phi) is 4.20. The lowest BCUT2D eigenvalue weighted by molar-refractivity contribution is -0.120. The molecule has 2 aliphatic heterocycles. The normalized spacial score (nSPS) is 24.4. The van der Waals surface area contributed by atoms with Crippen LogP contribution in [-0.4, -0.2) is 32.4 Å². The van der Waals surface area contributed by atoms with Crippen molar-refractivity contribution in [1.82, 2.24) is 5.32 Å². The second kappa shape index (κ2) is 5.92. The number of ether oxygens (including phenoxy) is 2. The maximum atomic E-state index is 6.33. The topological polar surface area (TPSA) is 30.5 Å². The highest BCUT2D eigenvalue weighted by Gasteiger charge is 2.34. The Morgan fingerprint density at radius 2 is 2.30 bits per heavy atom. The smallest absolute Gasteiger partial charge is 0.137 e. The summed E-state index contributed by atoms with van der Waals surface area (Å²) in [5.41, 5.74) is 1.43. The molecule has 4 heteroatoms. The fourth-order valence-electron chi connectivity index (χ4n) is 2.79. The number of rotatable bonds is 5. The standard InChI is InChI=1S/C16H22ClNO2/c1-16(9-19-10-16)11-20-15-5-4-12(8-14(15)17)7-13-3-2-6-18-13/h4-5,8,13,18H,2-3,6-7,9-11H2,1H3. The molecule has 110 valence electrons. The Labute approximate surface area is 125 Å². The Balaban J connectivity index is 1.58. The minimum atomic E-state index is 0.149. The van der Waals surface area contributed by atoms with Gasteiger partial charge in [0.05, 0.1) is 24.8 Å². The summed E-state index contributed by atoms with van der Waals surface area (Å²) >= 11 is 6.33. The van der Waals surface area contributed by atoms with Gasteiger partial charge in [0.1, 0.15) is 5.75 Å². The zero-order valence-corrected chi connectivity index (χ0v) is 12.7. The minimum absolute atomic E-state index is 0.149. The first-order valence-electron chi connectivity index (χ1n) is 7.37. The molecule has 3 rings (SSSR count). The minimum Gasteiger partial charge on any atom is -0.491 e. The van der Waals surface area contributed by atoms with Gasteiger partial charge in [0.2, 0.25) is 0 Å². The largest absolute Gasteiger partial charge is 0.491 e. The summed E-state index contributed by atoms with van der Waals surface area (Å²) in [6.45, 7) is 5.52. The molecule has 1 aromatic rings. The second-order valence-electron chi connectivity index (χ2n) is 6.35. The lowest BCUT2D eigenvalue weighted by Crippen LogP contribution is -2.44. The Hall–Kier alpha value is -0.770. The van der Waals surface area contributed by atoms with Gasteiger partial charge in [0, 0.05) is 11.5 Å². The van der Waals surface area contributed by atoms with Gasteiger partial charge in [-0.25, -0.2) is 0 Å². The Bertz CT molecular complexity index is 468. The van der Waals surface area contributed by atoms with Gasteiger partial charge in [-0.05, 0) is 43.5 Å². The van der Waals surface area contributed by atoms with Crippen LogP contribution < -0.4 is 10.1 Å². The van der Waals surface area contributed by atoms with Crippen LogP contribution in [0.1, 0.15) is 25.3 Å². The van der Waals surface area contributed by atoms with Gasteiger partial charge in [0.15, 0.2) is 0 Å². The van der Waals surface area contributed by atoms with Crippen LogP contribution in [0, 0.1) is 5.41 Å². The predicted molar refractivity (Wildman–Crippen MR) is 80.6 cm³/mol. The van der Waals surface area contributed by atoms with E-state index in [-0.39, 0.29) is 5.41 Å². The van der Waals surface area contributed by atoms with Crippen molar-refractivity contribution >= 4 is 11.6 Å². The molecule has 0 aromatic heterocycles. The number of halogens is 1. The number of hydrogen-bond donors (Lipinski definition) is 1. The summed E-state index contributed by atoms with van der Waals surface area (Å²) in [6, 6.07) is 6.76. The molecule has 0 spiro atoms. The molecular formula is C16H22ClNO2. The van der Waals surface area contributed by atoms with Gasteiger partial charge in [-0.15, -0.1) is 0 Å². The Morgan fingerprint density at radius 1 is 1.45 bits per heavy atom. The van der Waals surface area contributed by atoms with Crippen molar-refractivity contribution in [2.75, 3.05) is 26.4 Å². The molecule has 2 fully saturated rings. The monoisotopic (exact) mass is 295 g/mol. The lowest BCUT2D eigenvalue weighted by Gasteiger charge is -2.37. The van der Waals surface area contributed by atoms with Crippen molar-refractivity contribution in [3.05, 3.63) is 28.8 Å². The van der Waals surface area contributed by atoms with E-state index in [4.69, 9.17) is 21.1 Å². The van der Waals surface area contributed by atoms with E-state index in [9.17, 15) is 0 Å². The molecule has 1 N–H and O–H groups in total. The summed E-state index contributed by atoms with van der Waals surface area (Å²) < 4.78 is 11.1. The number of hydrogen-bond acceptors (Lipinski definition) is 3. The van der Waals surface area contributed by atoms with E-state index in [1.807, 2.05) is 12.1 Å². The Morgan fingerprint density at radius 3 is 2.90 bits per heavy atom. The molecule has 2 saturated heterocycles. The molecule has 0 radical (unpaired) electrons. The molecule has 1 unspecified atom stereocenters. The van der Waals surface area contributed by atoms with Crippen LogP contribution in [0.5, 0.6) is 5.75 Å². The average molecular weight is 296 g/mol. The molecule has 1 aromatic carbocycles. The van der Waals surface area contributed by atoms with E-state index in [1.54, 1.807) is 0 Å². The molecule has 0 bridgehead atoms. The number of benzene rings is 1. The summed E-state index contributed by atoms with van der Waals surface area (Å²) in [6.07, 6.45) is 3.58. The predicted octanol–water partition coefficient (Wildman–Crippen LogP) is 3.05. The molecule has 3 nitrogen and oxygen atoms in total. The fraction of sp³-hybridized carbons (Fsp3) is 0.625.